The molecule has 0 radical (unpaired) electrons. The minimum absolute atomic E-state index is 0.0609. The van der Waals surface area contributed by atoms with Crippen LogP contribution >= 0.6 is 11.6 Å². The average molecular weight is 539 g/mol. The van der Waals surface area contributed by atoms with Gasteiger partial charge in [0.15, 0.2) is 11.6 Å². The average Bonchev–Trinajstić information content (AvgIpc) is 3.67. The first-order valence-corrected chi connectivity index (χ1v) is 12.4. The number of hydrogen-bond donors (Lipinski definition) is 2. The smallest absolute Gasteiger partial charge is 0.247 e. The molecule has 1 saturated heterocycles. The number of imidazole rings is 1. The number of H-pyrrole nitrogens is 1. The second-order valence-corrected chi connectivity index (χ2v) is 9.58. The van der Waals surface area contributed by atoms with Crippen LogP contribution in [0.15, 0.2) is 43.0 Å². The number of nitrogens with one attached hydrogen (secondary N) is 1. The van der Waals surface area contributed by atoms with Crippen LogP contribution in [-0.2, 0) is 11.4 Å². The summed E-state index contributed by atoms with van der Waals surface area (Å²) < 4.78 is 31.4. The van der Waals surface area contributed by atoms with Crippen LogP contribution in [0.3, 0.4) is 0 Å². The number of fused-ring (bicyclic) bond motifs is 1. The van der Waals surface area contributed by atoms with Gasteiger partial charge in [0.05, 0.1) is 35.2 Å². The van der Waals surface area contributed by atoms with Crippen LogP contribution in [0.1, 0.15) is 48.8 Å². The van der Waals surface area contributed by atoms with Crippen molar-refractivity contribution < 1.29 is 18.7 Å². The van der Waals surface area contributed by atoms with Gasteiger partial charge in [0, 0.05) is 29.4 Å². The summed E-state index contributed by atoms with van der Waals surface area (Å²) in [5.41, 5.74) is 1.66. The van der Waals surface area contributed by atoms with E-state index >= 15 is 4.39 Å². The standard InChI is InChI=1S/C25H21ClF2N8O2/c26-16-4-6-19(35-12-31-33-34-35)22(24(16)28)13-1-2-14-3-5-20(36(14)21(38)9-13)25-30-10-17(32-25)15-7-8-29-18(11-37)23(15)27/h4,6-10,12,14,20,37H,1-3,5,11H2,(H,30,32)/t14-,20-/m0/s1. The van der Waals surface area contributed by atoms with Crippen LogP contribution in [0.4, 0.5) is 8.78 Å². The fourth-order valence-corrected chi connectivity index (χ4v) is 5.50. The van der Waals surface area contributed by atoms with E-state index < -0.39 is 18.2 Å². The summed E-state index contributed by atoms with van der Waals surface area (Å²) in [6.45, 7) is -0.524. The van der Waals surface area contributed by atoms with Crippen molar-refractivity contribution in [3.63, 3.8) is 0 Å². The highest BCUT2D eigenvalue weighted by molar-refractivity contribution is 6.31. The number of aromatic amines is 1. The molecule has 3 aromatic heterocycles. The van der Waals surface area contributed by atoms with Gasteiger partial charge >= 0.3 is 0 Å². The maximum Gasteiger partial charge on any atom is 0.247 e. The van der Waals surface area contributed by atoms with E-state index in [2.05, 4.69) is 30.5 Å². The van der Waals surface area contributed by atoms with Crippen molar-refractivity contribution in [2.45, 2.75) is 44.4 Å². The minimum atomic E-state index is -0.644. The number of allylic oxidation sites excluding steroid dienone is 1. The third-order valence-electron chi connectivity index (χ3n) is 7.10. The molecule has 5 heterocycles. The Kier molecular flexibility index (Phi) is 6.20. The number of benzene rings is 1. The number of amides is 1. The molecule has 0 bridgehead atoms. The fraction of sp³-hybridized carbons (Fsp3) is 0.280. The van der Waals surface area contributed by atoms with Crippen LogP contribution in [0.2, 0.25) is 5.02 Å². The molecule has 13 heteroatoms. The predicted molar refractivity (Wildman–Crippen MR) is 132 cm³/mol. The van der Waals surface area contributed by atoms with E-state index in [-0.39, 0.29) is 39.8 Å². The van der Waals surface area contributed by atoms with Gasteiger partial charge in [-0.3, -0.25) is 9.78 Å². The second-order valence-electron chi connectivity index (χ2n) is 9.17. The van der Waals surface area contributed by atoms with Crippen molar-refractivity contribution in [3.05, 3.63) is 76.7 Å². The van der Waals surface area contributed by atoms with Gasteiger partial charge in [0.25, 0.3) is 0 Å². The summed E-state index contributed by atoms with van der Waals surface area (Å²) >= 11 is 6.11. The SMILES string of the molecule is O=C1C=C(c2c(-n3cnnn3)ccc(Cl)c2F)CC[C@H]2CC[C@@H](c3ncc(-c4ccnc(CO)c4F)[nH]3)N12. The molecule has 1 aromatic carbocycles. The number of hydrogen-bond acceptors (Lipinski definition) is 7. The highest BCUT2D eigenvalue weighted by Gasteiger charge is 2.40. The summed E-state index contributed by atoms with van der Waals surface area (Å²) in [4.78, 5) is 26.8. The van der Waals surface area contributed by atoms with E-state index in [0.717, 1.165) is 6.42 Å². The molecule has 194 valence electrons. The van der Waals surface area contributed by atoms with Gasteiger partial charge in [-0.15, -0.1) is 5.10 Å². The molecule has 1 fully saturated rings. The lowest BCUT2D eigenvalue weighted by atomic mass is 9.96. The lowest BCUT2D eigenvalue weighted by Gasteiger charge is -2.27. The van der Waals surface area contributed by atoms with Crippen molar-refractivity contribution in [1.29, 1.82) is 0 Å². The Bertz CT molecular complexity index is 1550. The molecule has 6 rings (SSSR count). The van der Waals surface area contributed by atoms with Gasteiger partial charge in [0.2, 0.25) is 5.91 Å². The van der Waals surface area contributed by atoms with Crippen LogP contribution in [-0.4, -0.2) is 57.1 Å². The summed E-state index contributed by atoms with van der Waals surface area (Å²) in [6.07, 6.45) is 8.19. The number of aromatic nitrogens is 7. The number of nitrogens with zero attached hydrogens (tertiary/aromatic N) is 7. The fourth-order valence-electron chi connectivity index (χ4n) is 5.34. The molecule has 10 nitrogen and oxygen atoms in total. The number of halogens is 3. The van der Waals surface area contributed by atoms with E-state index in [1.807, 2.05) is 0 Å². The van der Waals surface area contributed by atoms with Crippen LogP contribution < -0.4 is 0 Å². The van der Waals surface area contributed by atoms with Crippen molar-refractivity contribution in [1.82, 2.24) is 40.1 Å². The van der Waals surface area contributed by atoms with Gasteiger partial charge in [0.1, 0.15) is 17.8 Å². The Balaban J connectivity index is 1.34. The molecule has 0 aliphatic carbocycles. The third-order valence-corrected chi connectivity index (χ3v) is 7.40. The quantitative estimate of drug-likeness (QED) is 0.396. The Morgan fingerprint density at radius 1 is 1.13 bits per heavy atom. The molecular weight excluding hydrogens is 518 g/mol. The largest absolute Gasteiger partial charge is 0.390 e. The first-order chi connectivity index (χ1) is 18.5. The summed E-state index contributed by atoms with van der Waals surface area (Å²) in [7, 11) is 0. The number of pyridine rings is 1. The van der Waals surface area contributed by atoms with Gasteiger partial charge in [-0.25, -0.2) is 13.8 Å². The first kappa shape index (κ1) is 24.3. The second kappa shape index (κ2) is 9.69. The van der Waals surface area contributed by atoms with E-state index in [9.17, 15) is 14.3 Å². The monoisotopic (exact) mass is 538 g/mol. The molecule has 0 unspecified atom stereocenters. The highest BCUT2D eigenvalue weighted by Crippen LogP contribution is 2.42. The van der Waals surface area contributed by atoms with Crippen molar-refractivity contribution in [2.24, 2.45) is 0 Å². The predicted octanol–water partition coefficient (Wildman–Crippen LogP) is 3.78. The highest BCUT2D eigenvalue weighted by atomic mass is 35.5. The van der Waals surface area contributed by atoms with E-state index in [0.29, 0.717) is 42.0 Å². The summed E-state index contributed by atoms with van der Waals surface area (Å²) in [6, 6.07) is 4.10. The molecule has 4 aromatic rings. The number of tetrazole rings is 1. The van der Waals surface area contributed by atoms with Gasteiger partial charge in [-0.2, -0.15) is 4.68 Å². The summed E-state index contributed by atoms with van der Waals surface area (Å²) in [5.74, 6) is -1.02. The third kappa shape index (κ3) is 4.05. The Morgan fingerprint density at radius 3 is 2.79 bits per heavy atom. The maximum absolute atomic E-state index is 15.3. The van der Waals surface area contributed by atoms with Crippen molar-refractivity contribution in [3.8, 4) is 16.9 Å². The van der Waals surface area contributed by atoms with Crippen molar-refractivity contribution in [2.75, 3.05) is 0 Å². The molecule has 2 N–H and O–H groups in total. The number of carbonyl (C=O) groups is 1. The van der Waals surface area contributed by atoms with Crippen molar-refractivity contribution >= 4 is 23.1 Å². The normalized spacial score (nSPS) is 19.4. The Morgan fingerprint density at radius 2 is 2.00 bits per heavy atom. The molecule has 2 atom stereocenters. The maximum atomic E-state index is 15.3. The molecule has 2 aliphatic heterocycles. The number of rotatable bonds is 5. The zero-order valence-electron chi connectivity index (χ0n) is 19.9. The Hall–Kier alpha value is -4.03. The minimum Gasteiger partial charge on any atom is -0.390 e. The van der Waals surface area contributed by atoms with E-state index in [1.54, 1.807) is 11.0 Å². The molecular formula is C25H21ClF2N8O2. The number of aliphatic hydroxyl groups is 1. The lowest BCUT2D eigenvalue weighted by molar-refractivity contribution is -0.128. The number of aliphatic hydroxyl groups excluding tert-OH is 1. The molecule has 38 heavy (non-hydrogen) atoms. The van der Waals surface area contributed by atoms with Crippen LogP contribution in [0.5, 0.6) is 0 Å². The van der Waals surface area contributed by atoms with Gasteiger partial charge in [-0.1, -0.05) is 11.6 Å². The van der Waals surface area contributed by atoms with Crippen LogP contribution in [0.25, 0.3) is 22.5 Å². The number of carbonyl (C=O) groups excluding carboxylic acids is 1. The molecule has 0 saturated carbocycles. The van der Waals surface area contributed by atoms with Gasteiger partial charge < -0.3 is 15.0 Å². The van der Waals surface area contributed by atoms with E-state index in [1.165, 1.54) is 41.6 Å². The summed E-state index contributed by atoms with van der Waals surface area (Å²) in [5, 5.41) is 20.4. The molecule has 0 spiro atoms. The topological polar surface area (TPSA) is 126 Å². The zero-order chi connectivity index (χ0) is 26.4. The van der Waals surface area contributed by atoms with Gasteiger partial charge in [-0.05, 0) is 59.9 Å². The zero-order valence-corrected chi connectivity index (χ0v) is 20.6. The Labute approximate surface area is 220 Å². The first-order valence-electron chi connectivity index (χ1n) is 12.0. The van der Waals surface area contributed by atoms with E-state index in [4.69, 9.17) is 11.6 Å². The lowest BCUT2D eigenvalue weighted by Crippen LogP contribution is -2.35. The molecule has 2 aliphatic rings. The van der Waals surface area contributed by atoms with Crippen LogP contribution in [0, 0.1) is 11.6 Å². The molecule has 1 amide bonds.